The minimum absolute atomic E-state index is 0.143. The summed E-state index contributed by atoms with van der Waals surface area (Å²) in [5.74, 6) is 1.99. The average Bonchev–Trinajstić information content (AvgIpc) is 3.08. The van der Waals surface area contributed by atoms with E-state index in [1.807, 2.05) is 12.1 Å². The van der Waals surface area contributed by atoms with Gasteiger partial charge < -0.3 is 19.5 Å². The number of rotatable bonds is 4. The van der Waals surface area contributed by atoms with Crippen molar-refractivity contribution in [2.45, 2.75) is 18.3 Å². The molecule has 2 aliphatic heterocycles. The molecule has 0 unspecified atom stereocenters. The van der Waals surface area contributed by atoms with Crippen LogP contribution in [-0.2, 0) is 10.2 Å². The lowest BCUT2D eigenvalue weighted by Crippen LogP contribution is -2.40. The van der Waals surface area contributed by atoms with Gasteiger partial charge in [0, 0.05) is 31.2 Å². The standard InChI is InChI=1S/C17H18ClN3O4/c18-14-8-15(21-16(22)20-14)19-9-17(3-5-23-6-4-17)11-1-2-12-13(7-11)25-10-24-12/h1-2,7-8H,3-6,9-10H2,(H2,19,20,21,22). The van der Waals surface area contributed by atoms with Crippen molar-refractivity contribution in [1.29, 1.82) is 0 Å². The number of aromatic nitrogens is 2. The Hall–Kier alpha value is -2.25. The molecular formula is C17H18ClN3O4. The second-order valence-corrected chi connectivity index (χ2v) is 6.64. The van der Waals surface area contributed by atoms with Crippen molar-refractivity contribution < 1.29 is 14.2 Å². The maximum Gasteiger partial charge on any atom is 0.347 e. The molecule has 1 aromatic carbocycles. The van der Waals surface area contributed by atoms with E-state index in [4.69, 9.17) is 25.8 Å². The van der Waals surface area contributed by atoms with E-state index in [-0.39, 0.29) is 17.4 Å². The Kier molecular flexibility index (Phi) is 4.27. The largest absolute Gasteiger partial charge is 0.454 e. The van der Waals surface area contributed by atoms with E-state index in [0.717, 1.165) is 29.9 Å². The Bertz CT molecular complexity index is 833. The first kappa shape index (κ1) is 16.2. The van der Waals surface area contributed by atoms with Gasteiger partial charge in [-0.25, -0.2) is 4.79 Å². The molecule has 0 bridgehead atoms. The summed E-state index contributed by atoms with van der Waals surface area (Å²) >= 11 is 5.90. The lowest BCUT2D eigenvalue weighted by atomic mass is 9.74. The Morgan fingerprint density at radius 1 is 1.20 bits per heavy atom. The predicted molar refractivity (Wildman–Crippen MR) is 92.7 cm³/mol. The van der Waals surface area contributed by atoms with Gasteiger partial charge in [-0.05, 0) is 30.5 Å². The molecular weight excluding hydrogens is 346 g/mol. The highest BCUT2D eigenvalue weighted by atomic mass is 35.5. The third-order valence-corrected chi connectivity index (χ3v) is 4.96. The molecule has 1 fully saturated rings. The third kappa shape index (κ3) is 3.29. The summed E-state index contributed by atoms with van der Waals surface area (Å²) in [5.41, 5.74) is 0.540. The number of hydrogen-bond acceptors (Lipinski definition) is 6. The van der Waals surface area contributed by atoms with Crippen molar-refractivity contribution in [3.63, 3.8) is 0 Å². The molecule has 0 saturated carbocycles. The van der Waals surface area contributed by atoms with Crippen LogP contribution in [0.3, 0.4) is 0 Å². The Balaban J connectivity index is 1.62. The van der Waals surface area contributed by atoms with Gasteiger partial charge >= 0.3 is 5.69 Å². The fourth-order valence-electron chi connectivity index (χ4n) is 3.33. The van der Waals surface area contributed by atoms with Gasteiger partial charge in [-0.1, -0.05) is 17.7 Å². The summed E-state index contributed by atoms with van der Waals surface area (Å²) in [5, 5.41) is 3.52. The van der Waals surface area contributed by atoms with Crippen molar-refractivity contribution in [3.8, 4) is 11.5 Å². The molecule has 2 aromatic rings. The Labute approximate surface area is 149 Å². The number of H-pyrrole nitrogens is 1. The number of benzene rings is 1. The highest BCUT2D eigenvalue weighted by Gasteiger charge is 2.35. The van der Waals surface area contributed by atoms with Gasteiger partial charge in [0.2, 0.25) is 6.79 Å². The van der Waals surface area contributed by atoms with Crippen LogP contribution >= 0.6 is 11.6 Å². The summed E-state index contributed by atoms with van der Waals surface area (Å²) < 4.78 is 16.5. The monoisotopic (exact) mass is 363 g/mol. The molecule has 1 aromatic heterocycles. The molecule has 1 saturated heterocycles. The van der Waals surface area contributed by atoms with Crippen LogP contribution in [0.25, 0.3) is 0 Å². The number of nitrogens with zero attached hydrogens (tertiary/aromatic N) is 1. The topological polar surface area (TPSA) is 85.5 Å². The summed E-state index contributed by atoms with van der Waals surface area (Å²) in [6.07, 6.45) is 1.72. The van der Waals surface area contributed by atoms with Crippen molar-refractivity contribution >= 4 is 17.4 Å². The zero-order chi connectivity index (χ0) is 17.3. The highest BCUT2D eigenvalue weighted by Crippen LogP contribution is 2.40. The number of aromatic amines is 1. The lowest BCUT2D eigenvalue weighted by Gasteiger charge is -2.38. The van der Waals surface area contributed by atoms with Crippen LogP contribution in [0.2, 0.25) is 5.15 Å². The lowest BCUT2D eigenvalue weighted by molar-refractivity contribution is 0.0543. The Morgan fingerprint density at radius 2 is 2.00 bits per heavy atom. The predicted octanol–water partition coefficient (Wildman–Crippen LogP) is 2.31. The van der Waals surface area contributed by atoms with Crippen LogP contribution < -0.4 is 20.5 Å². The quantitative estimate of drug-likeness (QED) is 0.811. The number of nitrogens with one attached hydrogen (secondary N) is 2. The van der Waals surface area contributed by atoms with Gasteiger partial charge in [-0.2, -0.15) is 4.98 Å². The molecule has 7 nitrogen and oxygen atoms in total. The van der Waals surface area contributed by atoms with Crippen molar-refractivity contribution in [3.05, 3.63) is 45.5 Å². The first-order valence-electron chi connectivity index (χ1n) is 8.13. The minimum Gasteiger partial charge on any atom is -0.454 e. The van der Waals surface area contributed by atoms with Crippen molar-refractivity contribution in [2.24, 2.45) is 0 Å². The maximum atomic E-state index is 11.5. The molecule has 0 aliphatic carbocycles. The molecule has 25 heavy (non-hydrogen) atoms. The Morgan fingerprint density at radius 3 is 2.80 bits per heavy atom. The van der Waals surface area contributed by atoms with Gasteiger partial charge in [-0.3, -0.25) is 4.98 Å². The van der Waals surface area contributed by atoms with Crippen LogP contribution in [0.5, 0.6) is 11.5 Å². The van der Waals surface area contributed by atoms with Gasteiger partial charge in [0.05, 0.1) is 0 Å². The number of fused-ring (bicyclic) bond motifs is 1. The highest BCUT2D eigenvalue weighted by molar-refractivity contribution is 6.29. The van der Waals surface area contributed by atoms with E-state index in [0.29, 0.717) is 25.6 Å². The minimum atomic E-state index is -0.473. The molecule has 132 valence electrons. The molecule has 0 spiro atoms. The van der Waals surface area contributed by atoms with Crippen LogP contribution in [0.4, 0.5) is 5.82 Å². The van der Waals surface area contributed by atoms with Crippen molar-refractivity contribution in [1.82, 2.24) is 9.97 Å². The van der Waals surface area contributed by atoms with E-state index >= 15 is 0 Å². The molecule has 0 amide bonds. The zero-order valence-electron chi connectivity index (χ0n) is 13.5. The van der Waals surface area contributed by atoms with E-state index in [1.165, 1.54) is 0 Å². The molecule has 2 N–H and O–H groups in total. The second kappa shape index (κ2) is 6.57. The average molecular weight is 364 g/mol. The van der Waals surface area contributed by atoms with Crippen LogP contribution in [0.1, 0.15) is 18.4 Å². The maximum absolute atomic E-state index is 11.5. The summed E-state index contributed by atoms with van der Waals surface area (Å²) in [6.45, 7) is 2.23. The third-order valence-electron chi connectivity index (χ3n) is 4.75. The van der Waals surface area contributed by atoms with E-state index < -0.39 is 5.69 Å². The molecule has 0 radical (unpaired) electrons. The number of anilines is 1. The van der Waals surface area contributed by atoms with Crippen LogP contribution in [-0.4, -0.2) is 36.5 Å². The summed E-state index contributed by atoms with van der Waals surface area (Å²) in [6, 6.07) is 7.65. The normalized spacial score (nSPS) is 18.1. The fraction of sp³-hybridized carbons (Fsp3) is 0.412. The first-order chi connectivity index (χ1) is 12.1. The van der Waals surface area contributed by atoms with Gasteiger partial charge in [0.1, 0.15) is 11.0 Å². The van der Waals surface area contributed by atoms with Gasteiger partial charge in [0.15, 0.2) is 11.5 Å². The van der Waals surface area contributed by atoms with Crippen molar-refractivity contribution in [2.75, 3.05) is 31.9 Å². The van der Waals surface area contributed by atoms with Crippen LogP contribution in [0.15, 0.2) is 29.1 Å². The number of halogens is 1. The fourth-order valence-corrected chi connectivity index (χ4v) is 3.52. The van der Waals surface area contributed by atoms with E-state index in [9.17, 15) is 4.79 Å². The summed E-state index contributed by atoms with van der Waals surface area (Å²) in [4.78, 5) is 17.8. The molecule has 2 aliphatic rings. The smallest absolute Gasteiger partial charge is 0.347 e. The summed E-state index contributed by atoms with van der Waals surface area (Å²) in [7, 11) is 0. The van der Waals surface area contributed by atoms with Gasteiger partial charge in [-0.15, -0.1) is 0 Å². The SMILES string of the molecule is O=c1nc(NCC2(c3ccc4c(c3)OCO4)CCOCC2)cc(Cl)[nH]1. The van der Waals surface area contributed by atoms with E-state index in [2.05, 4.69) is 21.4 Å². The zero-order valence-corrected chi connectivity index (χ0v) is 14.3. The van der Waals surface area contributed by atoms with Gasteiger partial charge in [0.25, 0.3) is 0 Å². The number of hydrogen-bond donors (Lipinski definition) is 2. The molecule has 8 heteroatoms. The first-order valence-corrected chi connectivity index (χ1v) is 8.51. The van der Waals surface area contributed by atoms with E-state index in [1.54, 1.807) is 6.07 Å². The molecule has 4 rings (SSSR count). The number of ether oxygens (including phenoxy) is 3. The molecule has 0 atom stereocenters. The second-order valence-electron chi connectivity index (χ2n) is 6.23. The molecule has 3 heterocycles. The van der Waals surface area contributed by atoms with Crippen LogP contribution in [0, 0.1) is 0 Å².